The summed E-state index contributed by atoms with van der Waals surface area (Å²) in [5, 5.41) is 8.08. The fraction of sp³-hybridized carbons (Fsp3) is 0.174. The van der Waals surface area contributed by atoms with Crippen LogP contribution < -0.4 is 14.8 Å². The van der Waals surface area contributed by atoms with E-state index < -0.39 is 5.82 Å². The molecule has 0 fully saturated rings. The Morgan fingerprint density at radius 2 is 1.94 bits per heavy atom. The summed E-state index contributed by atoms with van der Waals surface area (Å²) in [6.07, 6.45) is 1.73. The Balaban J connectivity index is 1.58. The number of benzene rings is 2. The average Bonchev–Trinajstić information content (AvgIpc) is 3.22. The van der Waals surface area contributed by atoms with Gasteiger partial charge in [0.25, 0.3) is 0 Å². The number of aryl methyl sites for hydroxylation is 1. The van der Waals surface area contributed by atoms with Gasteiger partial charge < -0.3 is 14.8 Å². The Hall–Kier alpha value is -3.30. The topological polar surface area (TPSA) is 77.8 Å². The predicted molar refractivity (Wildman–Crippen MR) is 127 cm³/mol. The number of nitrogens with zero attached hydrogens (tertiary/aromatic N) is 3. The van der Waals surface area contributed by atoms with Crippen LogP contribution in [-0.2, 0) is 4.79 Å². The summed E-state index contributed by atoms with van der Waals surface area (Å²) in [6.45, 7) is 1.88. The zero-order chi connectivity index (χ0) is 23.5. The lowest BCUT2D eigenvalue weighted by Gasteiger charge is -2.10. The number of carbonyl (C=O) groups is 1. The van der Waals surface area contributed by atoms with Gasteiger partial charge in [-0.1, -0.05) is 29.4 Å². The van der Waals surface area contributed by atoms with Gasteiger partial charge in [0, 0.05) is 11.3 Å². The lowest BCUT2D eigenvalue weighted by atomic mass is 10.1. The molecule has 2 aromatic heterocycles. The molecule has 4 aromatic rings. The second kappa shape index (κ2) is 9.68. The molecule has 0 bridgehead atoms. The largest absolute Gasteiger partial charge is 0.493 e. The van der Waals surface area contributed by atoms with Crippen molar-refractivity contribution in [3.05, 3.63) is 65.2 Å². The van der Waals surface area contributed by atoms with Crippen LogP contribution in [0.5, 0.6) is 11.5 Å². The van der Waals surface area contributed by atoms with Crippen molar-refractivity contribution in [3.8, 4) is 22.6 Å². The van der Waals surface area contributed by atoms with Crippen LogP contribution in [0.15, 0.2) is 53.7 Å². The number of thioether (sulfide) groups is 1. The number of carbonyl (C=O) groups excluding carboxylic acids is 1. The van der Waals surface area contributed by atoms with Crippen molar-refractivity contribution in [1.29, 1.82) is 0 Å². The van der Waals surface area contributed by atoms with E-state index in [1.807, 2.05) is 31.2 Å². The van der Waals surface area contributed by atoms with Crippen molar-refractivity contribution < 1.29 is 18.7 Å². The van der Waals surface area contributed by atoms with Gasteiger partial charge in [-0.15, -0.1) is 0 Å². The van der Waals surface area contributed by atoms with E-state index in [9.17, 15) is 9.18 Å². The minimum absolute atomic E-state index is 0.109. The SMILES string of the molecule is COc1ccc(-c2cnn3c(SCC(=O)Nc4ccc(F)cc4Cl)cc(C)nc23)cc1OC. The summed E-state index contributed by atoms with van der Waals surface area (Å²) in [5.41, 5.74) is 3.50. The summed E-state index contributed by atoms with van der Waals surface area (Å²) >= 11 is 7.30. The zero-order valence-corrected chi connectivity index (χ0v) is 19.6. The summed E-state index contributed by atoms with van der Waals surface area (Å²) < 4.78 is 25.6. The summed E-state index contributed by atoms with van der Waals surface area (Å²) in [5.74, 6) is 0.602. The molecule has 0 unspecified atom stereocenters. The standard InChI is InChI=1S/C23H20ClFN4O3S/c1-13-8-22(33-12-21(30)28-18-6-5-15(25)10-17(18)24)29-23(27-13)16(11-26-29)14-4-7-19(31-2)20(9-14)32-3/h4-11H,12H2,1-3H3,(H,28,30). The Labute approximate surface area is 198 Å². The second-order valence-electron chi connectivity index (χ2n) is 7.06. The predicted octanol–water partition coefficient (Wildman–Crippen LogP) is 5.25. The number of hydrogen-bond acceptors (Lipinski definition) is 6. The molecule has 0 radical (unpaired) electrons. The van der Waals surface area contributed by atoms with Crippen molar-refractivity contribution in [2.75, 3.05) is 25.3 Å². The lowest BCUT2D eigenvalue weighted by Crippen LogP contribution is -2.15. The Morgan fingerprint density at radius 1 is 1.15 bits per heavy atom. The number of halogens is 2. The van der Waals surface area contributed by atoms with Gasteiger partial charge in [0.05, 0.1) is 36.9 Å². The molecular formula is C23H20ClFN4O3S. The lowest BCUT2D eigenvalue weighted by molar-refractivity contribution is -0.113. The molecule has 0 aliphatic heterocycles. The number of hydrogen-bond donors (Lipinski definition) is 1. The van der Waals surface area contributed by atoms with Crippen LogP contribution in [0.2, 0.25) is 5.02 Å². The van der Waals surface area contributed by atoms with E-state index in [2.05, 4.69) is 15.4 Å². The van der Waals surface area contributed by atoms with Crippen LogP contribution in [-0.4, -0.2) is 40.5 Å². The first-order valence-corrected chi connectivity index (χ1v) is 11.2. The van der Waals surface area contributed by atoms with E-state index >= 15 is 0 Å². The number of aromatic nitrogens is 3. The first-order valence-electron chi connectivity index (χ1n) is 9.85. The third-order valence-corrected chi connectivity index (χ3v) is 6.12. The molecular weight excluding hydrogens is 467 g/mol. The number of rotatable bonds is 7. The molecule has 2 aromatic carbocycles. The molecule has 170 valence electrons. The maximum atomic E-state index is 13.2. The molecule has 33 heavy (non-hydrogen) atoms. The average molecular weight is 487 g/mol. The van der Waals surface area contributed by atoms with Gasteiger partial charge in [0.2, 0.25) is 5.91 Å². The Bertz CT molecular complexity index is 1350. The van der Waals surface area contributed by atoms with Crippen molar-refractivity contribution in [2.45, 2.75) is 11.9 Å². The molecule has 7 nitrogen and oxygen atoms in total. The molecule has 0 spiro atoms. The first kappa shape index (κ1) is 22.9. The monoisotopic (exact) mass is 486 g/mol. The maximum Gasteiger partial charge on any atom is 0.234 e. The molecule has 0 saturated carbocycles. The van der Waals surface area contributed by atoms with Gasteiger partial charge in [-0.05, 0) is 48.9 Å². The fourth-order valence-corrected chi connectivity index (χ4v) is 4.35. The number of methoxy groups -OCH3 is 2. The molecule has 4 rings (SSSR count). The molecule has 1 N–H and O–H groups in total. The zero-order valence-electron chi connectivity index (χ0n) is 18.1. The first-order chi connectivity index (χ1) is 15.9. The van der Waals surface area contributed by atoms with Crippen molar-refractivity contribution in [1.82, 2.24) is 14.6 Å². The fourth-order valence-electron chi connectivity index (χ4n) is 3.28. The summed E-state index contributed by atoms with van der Waals surface area (Å²) in [7, 11) is 3.17. The summed E-state index contributed by atoms with van der Waals surface area (Å²) in [4.78, 5) is 17.1. The van der Waals surface area contributed by atoms with E-state index in [0.717, 1.165) is 27.9 Å². The smallest absolute Gasteiger partial charge is 0.234 e. The van der Waals surface area contributed by atoms with Crippen molar-refractivity contribution >= 4 is 40.6 Å². The van der Waals surface area contributed by atoms with Crippen LogP contribution in [0.3, 0.4) is 0 Å². The second-order valence-corrected chi connectivity index (χ2v) is 8.46. The number of ether oxygens (including phenoxy) is 2. The van der Waals surface area contributed by atoms with E-state index in [0.29, 0.717) is 22.8 Å². The maximum absolute atomic E-state index is 13.2. The number of nitrogens with one attached hydrogen (secondary N) is 1. The highest BCUT2D eigenvalue weighted by molar-refractivity contribution is 7.99. The van der Waals surface area contributed by atoms with E-state index in [1.54, 1.807) is 24.9 Å². The van der Waals surface area contributed by atoms with E-state index in [4.69, 9.17) is 21.1 Å². The number of amides is 1. The molecule has 2 heterocycles. The molecule has 0 saturated heterocycles. The van der Waals surface area contributed by atoms with Crippen LogP contribution >= 0.6 is 23.4 Å². The normalized spacial score (nSPS) is 10.9. The summed E-state index contributed by atoms with van der Waals surface area (Å²) in [6, 6.07) is 11.3. The number of anilines is 1. The highest BCUT2D eigenvalue weighted by Gasteiger charge is 2.16. The van der Waals surface area contributed by atoms with Crippen molar-refractivity contribution in [2.24, 2.45) is 0 Å². The van der Waals surface area contributed by atoms with E-state index in [1.165, 1.54) is 23.9 Å². The molecule has 1 amide bonds. The molecule has 0 atom stereocenters. The van der Waals surface area contributed by atoms with Crippen LogP contribution in [0.1, 0.15) is 5.69 Å². The van der Waals surface area contributed by atoms with E-state index in [-0.39, 0.29) is 16.7 Å². The van der Waals surface area contributed by atoms with Gasteiger partial charge in [-0.3, -0.25) is 4.79 Å². The van der Waals surface area contributed by atoms with Gasteiger partial charge in [0.1, 0.15) is 10.8 Å². The third kappa shape index (κ3) is 4.89. The quantitative estimate of drug-likeness (QED) is 0.284. The minimum Gasteiger partial charge on any atom is -0.493 e. The van der Waals surface area contributed by atoms with Gasteiger partial charge in [-0.2, -0.15) is 5.10 Å². The van der Waals surface area contributed by atoms with Gasteiger partial charge in [-0.25, -0.2) is 13.9 Å². The Kier molecular flexibility index (Phi) is 6.71. The van der Waals surface area contributed by atoms with Crippen LogP contribution in [0.4, 0.5) is 10.1 Å². The minimum atomic E-state index is -0.467. The van der Waals surface area contributed by atoms with Gasteiger partial charge in [0.15, 0.2) is 17.1 Å². The highest BCUT2D eigenvalue weighted by Crippen LogP contribution is 2.34. The molecule has 0 aliphatic carbocycles. The van der Waals surface area contributed by atoms with Crippen molar-refractivity contribution in [3.63, 3.8) is 0 Å². The van der Waals surface area contributed by atoms with Crippen LogP contribution in [0.25, 0.3) is 16.8 Å². The number of fused-ring (bicyclic) bond motifs is 1. The van der Waals surface area contributed by atoms with Crippen LogP contribution in [0, 0.1) is 12.7 Å². The Morgan fingerprint density at radius 3 is 2.67 bits per heavy atom. The molecule has 0 aliphatic rings. The third-order valence-electron chi connectivity index (χ3n) is 4.82. The highest BCUT2D eigenvalue weighted by atomic mass is 35.5. The molecule has 10 heteroatoms. The van der Waals surface area contributed by atoms with Gasteiger partial charge >= 0.3 is 0 Å².